The Hall–Kier alpha value is -0.500. The molecular weight excluding hydrogens is 154 g/mol. The number of hydrogen-bond acceptors (Lipinski definition) is 2. The standard InChI is InChI=1S/C9H13NS/c1-3-6-11-9-7-10-5-4-8(9)2/h4-5,7H,3,6H2,1-2H3. The number of hydrogen-bond donors (Lipinski definition) is 0. The lowest BCUT2D eigenvalue weighted by molar-refractivity contribution is 1.10. The van der Waals surface area contributed by atoms with Gasteiger partial charge < -0.3 is 0 Å². The molecule has 1 nitrogen and oxygen atoms in total. The summed E-state index contributed by atoms with van der Waals surface area (Å²) in [6.45, 7) is 4.32. The van der Waals surface area contributed by atoms with Gasteiger partial charge in [0.25, 0.3) is 0 Å². The molecule has 0 spiro atoms. The zero-order valence-electron chi connectivity index (χ0n) is 7.00. The summed E-state index contributed by atoms with van der Waals surface area (Å²) in [5, 5.41) is 0. The van der Waals surface area contributed by atoms with Crippen LogP contribution in [0.5, 0.6) is 0 Å². The molecule has 1 aromatic rings. The van der Waals surface area contributed by atoms with Gasteiger partial charge in [-0.15, -0.1) is 11.8 Å². The van der Waals surface area contributed by atoms with E-state index in [1.165, 1.54) is 22.6 Å². The number of nitrogens with zero attached hydrogens (tertiary/aromatic N) is 1. The summed E-state index contributed by atoms with van der Waals surface area (Å²) in [6, 6.07) is 2.05. The summed E-state index contributed by atoms with van der Waals surface area (Å²) in [7, 11) is 0. The van der Waals surface area contributed by atoms with E-state index < -0.39 is 0 Å². The van der Waals surface area contributed by atoms with Crippen molar-refractivity contribution in [1.82, 2.24) is 4.98 Å². The molecule has 0 N–H and O–H groups in total. The van der Waals surface area contributed by atoms with Crippen LogP contribution in [0.25, 0.3) is 0 Å². The maximum absolute atomic E-state index is 4.08. The molecule has 0 aromatic carbocycles. The monoisotopic (exact) mass is 167 g/mol. The van der Waals surface area contributed by atoms with Crippen LogP contribution in [0.1, 0.15) is 18.9 Å². The number of aromatic nitrogens is 1. The summed E-state index contributed by atoms with van der Waals surface area (Å²) < 4.78 is 0. The molecule has 1 rings (SSSR count). The van der Waals surface area contributed by atoms with Crippen molar-refractivity contribution in [3.8, 4) is 0 Å². The van der Waals surface area contributed by atoms with E-state index in [1.54, 1.807) is 0 Å². The van der Waals surface area contributed by atoms with Gasteiger partial charge in [0.1, 0.15) is 0 Å². The molecule has 11 heavy (non-hydrogen) atoms. The SMILES string of the molecule is CCCSc1cnccc1C. The van der Waals surface area contributed by atoms with Gasteiger partial charge in [0, 0.05) is 17.3 Å². The van der Waals surface area contributed by atoms with Crippen molar-refractivity contribution < 1.29 is 0 Å². The first kappa shape index (κ1) is 8.60. The van der Waals surface area contributed by atoms with Crippen molar-refractivity contribution in [2.45, 2.75) is 25.2 Å². The first-order valence-electron chi connectivity index (χ1n) is 3.88. The molecular formula is C9H13NS. The predicted molar refractivity (Wildman–Crippen MR) is 50.0 cm³/mol. The van der Waals surface area contributed by atoms with Crippen LogP contribution < -0.4 is 0 Å². The second-order valence-corrected chi connectivity index (χ2v) is 3.63. The molecule has 0 amide bonds. The highest BCUT2D eigenvalue weighted by atomic mass is 32.2. The fourth-order valence-corrected chi connectivity index (χ4v) is 1.67. The van der Waals surface area contributed by atoms with Crippen molar-refractivity contribution in [1.29, 1.82) is 0 Å². The Labute approximate surface area is 72.2 Å². The first-order valence-corrected chi connectivity index (χ1v) is 4.86. The highest BCUT2D eigenvalue weighted by Gasteiger charge is 1.95. The smallest absolute Gasteiger partial charge is 0.0406 e. The molecule has 0 fully saturated rings. The highest BCUT2D eigenvalue weighted by Crippen LogP contribution is 2.20. The Kier molecular flexibility index (Phi) is 3.43. The fraction of sp³-hybridized carbons (Fsp3) is 0.444. The second kappa shape index (κ2) is 4.39. The topological polar surface area (TPSA) is 12.9 Å². The Morgan fingerprint density at radius 3 is 3.00 bits per heavy atom. The van der Waals surface area contributed by atoms with E-state index >= 15 is 0 Å². The third-order valence-corrected chi connectivity index (χ3v) is 2.80. The molecule has 0 aliphatic heterocycles. The van der Waals surface area contributed by atoms with Crippen LogP contribution >= 0.6 is 11.8 Å². The molecule has 60 valence electrons. The summed E-state index contributed by atoms with van der Waals surface area (Å²) in [4.78, 5) is 5.39. The Balaban J connectivity index is 2.62. The largest absolute Gasteiger partial charge is 0.264 e. The van der Waals surface area contributed by atoms with Gasteiger partial charge in [-0.2, -0.15) is 0 Å². The molecule has 1 aromatic heterocycles. The predicted octanol–water partition coefficient (Wildman–Crippen LogP) is 2.89. The van der Waals surface area contributed by atoms with Gasteiger partial charge in [-0.25, -0.2) is 0 Å². The van der Waals surface area contributed by atoms with Crippen molar-refractivity contribution in [2.24, 2.45) is 0 Å². The fourth-order valence-electron chi connectivity index (χ4n) is 0.813. The number of pyridine rings is 1. The van der Waals surface area contributed by atoms with Gasteiger partial charge in [-0.1, -0.05) is 6.92 Å². The van der Waals surface area contributed by atoms with Crippen LogP contribution in [-0.2, 0) is 0 Å². The van der Waals surface area contributed by atoms with Gasteiger partial charge >= 0.3 is 0 Å². The van der Waals surface area contributed by atoms with Crippen LogP contribution in [0.3, 0.4) is 0 Å². The summed E-state index contributed by atoms with van der Waals surface area (Å²) in [5.41, 5.74) is 1.33. The summed E-state index contributed by atoms with van der Waals surface area (Å²) in [5.74, 6) is 1.19. The molecule has 0 aliphatic carbocycles. The average Bonchev–Trinajstić information content (AvgIpc) is 2.03. The third-order valence-electron chi connectivity index (χ3n) is 1.45. The lowest BCUT2D eigenvalue weighted by Gasteiger charge is -2.01. The highest BCUT2D eigenvalue weighted by molar-refractivity contribution is 7.99. The van der Waals surface area contributed by atoms with E-state index in [9.17, 15) is 0 Å². The quantitative estimate of drug-likeness (QED) is 0.642. The normalized spacial score (nSPS) is 10.0. The van der Waals surface area contributed by atoms with Crippen LogP contribution in [0, 0.1) is 6.92 Å². The molecule has 0 saturated heterocycles. The maximum atomic E-state index is 4.08. The molecule has 0 atom stereocenters. The minimum absolute atomic E-state index is 1.19. The molecule has 0 aliphatic rings. The first-order chi connectivity index (χ1) is 5.34. The minimum Gasteiger partial charge on any atom is -0.264 e. The molecule has 1 heterocycles. The number of aryl methyl sites for hydroxylation is 1. The molecule has 2 heteroatoms. The number of thioether (sulfide) groups is 1. The number of rotatable bonds is 3. The summed E-state index contributed by atoms with van der Waals surface area (Å²) in [6.07, 6.45) is 5.00. The van der Waals surface area contributed by atoms with Crippen molar-refractivity contribution in [3.63, 3.8) is 0 Å². The molecule has 0 bridgehead atoms. The Morgan fingerprint density at radius 2 is 2.36 bits per heavy atom. The Morgan fingerprint density at radius 1 is 1.55 bits per heavy atom. The van der Waals surface area contributed by atoms with Crippen LogP contribution in [0.2, 0.25) is 0 Å². The molecule has 0 radical (unpaired) electrons. The zero-order chi connectivity index (χ0) is 8.10. The van der Waals surface area contributed by atoms with Crippen LogP contribution in [-0.4, -0.2) is 10.7 Å². The van der Waals surface area contributed by atoms with Crippen LogP contribution in [0.15, 0.2) is 23.4 Å². The van der Waals surface area contributed by atoms with E-state index in [4.69, 9.17) is 0 Å². The summed E-state index contributed by atoms with van der Waals surface area (Å²) >= 11 is 1.88. The van der Waals surface area contributed by atoms with Gasteiger partial charge in [-0.3, -0.25) is 4.98 Å². The lowest BCUT2D eigenvalue weighted by Crippen LogP contribution is -1.82. The second-order valence-electron chi connectivity index (χ2n) is 2.49. The van der Waals surface area contributed by atoms with Gasteiger partial charge in [0.2, 0.25) is 0 Å². The van der Waals surface area contributed by atoms with E-state index in [-0.39, 0.29) is 0 Å². The van der Waals surface area contributed by atoms with Gasteiger partial charge in [0.15, 0.2) is 0 Å². The third kappa shape index (κ3) is 2.54. The minimum atomic E-state index is 1.19. The maximum Gasteiger partial charge on any atom is 0.0406 e. The van der Waals surface area contributed by atoms with Gasteiger partial charge in [0.05, 0.1) is 0 Å². The Bertz CT molecular complexity index is 223. The van der Waals surface area contributed by atoms with Crippen molar-refractivity contribution >= 4 is 11.8 Å². The van der Waals surface area contributed by atoms with E-state index in [0.717, 1.165) is 0 Å². The lowest BCUT2D eigenvalue weighted by atomic mass is 10.3. The zero-order valence-corrected chi connectivity index (χ0v) is 7.82. The van der Waals surface area contributed by atoms with E-state index in [2.05, 4.69) is 24.9 Å². The molecule has 0 unspecified atom stereocenters. The van der Waals surface area contributed by atoms with E-state index in [1.807, 2.05) is 24.2 Å². The van der Waals surface area contributed by atoms with E-state index in [0.29, 0.717) is 0 Å². The van der Waals surface area contributed by atoms with Crippen molar-refractivity contribution in [3.05, 3.63) is 24.0 Å². The van der Waals surface area contributed by atoms with Gasteiger partial charge in [-0.05, 0) is 30.7 Å². The average molecular weight is 167 g/mol. The molecule has 0 saturated carbocycles. The van der Waals surface area contributed by atoms with Crippen molar-refractivity contribution in [2.75, 3.05) is 5.75 Å². The van der Waals surface area contributed by atoms with Crippen LogP contribution in [0.4, 0.5) is 0 Å².